The van der Waals surface area contributed by atoms with E-state index in [4.69, 9.17) is 5.73 Å². The van der Waals surface area contributed by atoms with Gasteiger partial charge in [0, 0.05) is 18.2 Å². The average molecular weight is 389 g/mol. The van der Waals surface area contributed by atoms with Crippen LogP contribution in [0.4, 0.5) is 11.5 Å². The molecule has 29 heavy (non-hydrogen) atoms. The fourth-order valence-electron chi connectivity index (χ4n) is 3.71. The Bertz CT molecular complexity index is 1070. The largest absolute Gasteiger partial charge is 0.368 e. The molecule has 0 saturated heterocycles. The van der Waals surface area contributed by atoms with E-state index in [-0.39, 0.29) is 12.5 Å². The molecule has 0 fully saturated rings. The number of carbonyl (C=O) groups excluding carboxylic acids is 2. The molecule has 3 aromatic rings. The summed E-state index contributed by atoms with van der Waals surface area (Å²) in [6.45, 7) is 3.92. The van der Waals surface area contributed by atoms with E-state index >= 15 is 0 Å². The first kappa shape index (κ1) is 18.7. The molecule has 3 N–H and O–H groups in total. The average Bonchev–Trinajstić information content (AvgIpc) is 3.23. The maximum atomic E-state index is 12.8. The Morgan fingerprint density at radius 3 is 2.59 bits per heavy atom. The number of hydrogen-bond donors (Lipinski definition) is 2. The summed E-state index contributed by atoms with van der Waals surface area (Å²) in [6, 6.07) is 16.9. The van der Waals surface area contributed by atoms with Crippen molar-refractivity contribution in [3.8, 4) is 5.69 Å². The van der Waals surface area contributed by atoms with Crippen LogP contribution in [0.1, 0.15) is 16.8 Å². The van der Waals surface area contributed by atoms with Crippen LogP contribution in [0.25, 0.3) is 5.69 Å². The van der Waals surface area contributed by atoms with Gasteiger partial charge in [-0.15, -0.1) is 0 Å². The summed E-state index contributed by atoms with van der Waals surface area (Å²) in [4.78, 5) is 26.5. The first-order chi connectivity index (χ1) is 13.9. The minimum atomic E-state index is -0.526. The van der Waals surface area contributed by atoms with Gasteiger partial charge in [0.1, 0.15) is 11.9 Å². The van der Waals surface area contributed by atoms with Gasteiger partial charge in [0.05, 0.1) is 17.9 Å². The molecule has 2 amide bonds. The molecular weight excluding hydrogens is 366 g/mol. The molecule has 7 heteroatoms. The van der Waals surface area contributed by atoms with E-state index in [1.54, 1.807) is 9.58 Å². The fourth-order valence-corrected chi connectivity index (χ4v) is 3.71. The van der Waals surface area contributed by atoms with Gasteiger partial charge in [-0.3, -0.25) is 9.59 Å². The van der Waals surface area contributed by atoms with Crippen molar-refractivity contribution in [1.29, 1.82) is 0 Å². The summed E-state index contributed by atoms with van der Waals surface area (Å²) < 4.78 is 1.70. The number of carbonyl (C=O) groups is 2. The smallest absolute Gasteiger partial charge is 0.245 e. The van der Waals surface area contributed by atoms with Gasteiger partial charge in [-0.1, -0.05) is 35.9 Å². The van der Waals surface area contributed by atoms with Crippen molar-refractivity contribution in [2.45, 2.75) is 26.3 Å². The third-order valence-corrected chi connectivity index (χ3v) is 5.11. The van der Waals surface area contributed by atoms with Crippen LogP contribution < -0.4 is 16.0 Å². The van der Waals surface area contributed by atoms with Gasteiger partial charge in [0.25, 0.3) is 0 Å². The number of amides is 2. The molecular formula is C22H23N5O2. The molecule has 1 atom stereocenters. The number of rotatable bonds is 5. The Kier molecular flexibility index (Phi) is 4.80. The standard InChI is InChI=1S/C22H23N5O2/c1-14-7-9-17(10-8-14)27-20(11-15(2)25-27)24-21(28)13-26-18-6-4-3-5-16(18)12-19(26)22(23)29/h3-11,19H,12-13H2,1-2H3,(H2,23,29)(H,24,28)/t19-/m0/s1. The summed E-state index contributed by atoms with van der Waals surface area (Å²) in [7, 11) is 0. The predicted molar refractivity (Wildman–Crippen MR) is 112 cm³/mol. The van der Waals surface area contributed by atoms with E-state index in [0.29, 0.717) is 12.2 Å². The Balaban J connectivity index is 1.56. The van der Waals surface area contributed by atoms with Crippen LogP contribution in [-0.4, -0.2) is 34.2 Å². The Morgan fingerprint density at radius 2 is 1.86 bits per heavy atom. The first-order valence-electron chi connectivity index (χ1n) is 9.50. The Hall–Kier alpha value is -3.61. The molecule has 0 aliphatic carbocycles. The van der Waals surface area contributed by atoms with Crippen molar-refractivity contribution in [3.63, 3.8) is 0 Å². The molecule has 1 aliphatic rings. The topological polar surface area (TPSA) is 93.2 Å². The maximum absolute atomic E-state index is 12.8. The second-order valence-corrected chi connectivity index (χ2v) is 7.35. The summed E-state index contributed by atoms with van der Waals surface area (Å²) in [5.41, 5.74) is 10.3. The van der Waals surface area contributed by atoms with Crippen molar-refractivity contribution in [3.05, 3.63) is 71.4 Å². The number of hydrogen-bond acceptors (Lipinski definition) is 4. The van der Waals surface area contributed by atoms with Crippen LogP contribution in [0.5, 0.6) is 0 Å². The van der Waals surface area contributed by atoms with Crippen LogP contribution in [0.3, 0.4) is 0 Å². The molecule has 1 aromatic heterocycles. The third-order valence-electron chi connectivity index (χ3n) is 5.11. The number of aryl methyl sites for hydroxylation is 2. The number of aromatic nitrogens is 2. The van der Waals surface area contributed by atoms with Crippen LogP contribution in [-0.2, 0) is 16.0 Å². The number of nitrogens with two attached hydrogens (primary N) is 1. The number of benzene rings is 2. The molecule has 0 radical (unpaired) electrons. The number of para-hydroxylation sites is 1. The van der Waals surface area contributed by atoms with Crippen molar-refractivity contribution in [2.75, 3.05) is 16.8 Å². The summed E-state index contributed by atoms with van der Waals surface area (Å²) >= 11 is 0. The number of anilines is 2. The van der Waals surface area contributed by atoms with Gasteiger partial charge in [-0.05, 0) is 37.6 Å². The van der Waals surface area contributed by atoms with Crippen molar-refractivity contribution < 1.29 is 9.59 Å². The zero-order valence-corrected chi connectivity index (χ0v) is 16.4. The van der Waals surface area contributed by atoms with E-state index in [0.717, 1.165) is 28.2 Å². The molecule has 0 saturated carbocycles. The lowest BCUT2D eigenvalue weighted by Crippen LogP contribution is -2.46. The highest BCUT2D eigenvalue weighted by molar-refractivity contribution is 5.96. The number of nitrogens with zero attached hydrogens (tertiary/aromatic N) is 3. The molecule has 148 valence electrons. The summed E-state index contributed by atoms with van der Waals surface area (Å²) in [5, 5.41) is 7.42. The van der Waals surface area contributed by atoms with Crippen LogP contribution >= 0.6 is 0 Å². The molecule has 1 aliphatic heterocycles. The number of nitrogens with one attached hydrogen (secondary N) is 1. The van der Waals surface area contributed by atoms with Gasteiger partial charge in [-0.2, -0.15) is 5.10 Å². The highest BCUT2D eigenvalue weighted by Crippen LogP contribution is 2.31. The first-order valence-corrected chi connectivity index (χ1v) is 9.50. The van der Waals surface area contributed by atoms with Gasteiger partial charge in [-0.25, -0.2) is 4.68 Å². The SMILES string of the molecule is Cc1ccc(-n2nc(C)cc2NC(=O)CN2c3ccccc3C[C@H]2C(N)=O)cc1. The number of primary amides is 1. The molecule has 2 aromatic carbocycles. The second kappa shape index (κ2) is 7.43. The molecule has 0 unspecified atom stereocenters. The third kappa shape index (κ3) is 3.71. The highest BCUT2D eigenvalue weighted by Gasteiger charge is 2.34. The molecule has 0 spiro atoms. The van der Waals surface area contributed by atoms with Gasteiger partial charge >= 0.3 is 0 Å². The molecule has 0 bridgehead atoms. The van der Waals surface area contributed by atoms with E-state index in [1.165, 1.54) is 0 Å². The highest BCUT2D eigenvalue weighted by atomic mass is 16.2. The molecule has 7 nitrogen and oxygen atoms in total. The lowest BCUT2D eigenvalue weighted by Gasteiger charge is -2.24. The van der Waals surface area contributed by atoms with E-state index in [2.05, 4.69) is 10.4 Å². The van der Waals surface area contributed by atoms with E-state index in [1.807, 2.05) is 68.4 Å². The van der Waals surface area contributed by atoms with Crippen molar-refractivity contribution in [1.82, 2.24) is 9.78 Å². The van der Waals surface area contributed by atoms with Gasteiger partial charge < -0.3 is 16.0 Å². The summed E-state index contributed by atoms with van der Waals surface area (Å²) in [6.07, 6.45) is 0.513. The van der Waals surface area contributed by atoms with Crippen LogP contribution in [0.2, 0.25) is 0 Å². The van der Waals surface area contributed by atoms with Gasteiger partial charge in [0.2, 0.25) is 11.8 Å². The normalized spacial score (nSPS) is 15.2. The van der Waals surface area contributed by atoms with E-state index in [9.17, 15) is 9.59 Å². The van der Waals surface area contributed by atoms with Crippen molar-refractivity contribution in [2.24, 2.45) is 5.73 Å². The monoisotopic (exact) mass is 389 g/mol. The zero-order chi connectivity index (χ0) is 20.5. The fraction of sp³-hybridized carbons (Fsp3) is 0.227. The zero-order valence-electron chi connectivity index (χ0n) is 16.4. The predicted octanol–water partition coefficient (Wildman–Crippen LogP) is 2.34. The molecule has 4 rings (SSSR count). The quantitative estimate of drug-likeness (QED) is 0.700. The van der Waals surface area contributed by atoms with E-state index < -0.39 is 11.9 Å². The number of fused-ring (bicyclic) bond motifs is 1. The summed E-state index contributed by atoms with van der Waals surface area (Å²) in [5.74, 6) is -0.0878. The molecule has 2 heterocycles. The minimum Gasteiger partial charge on any atom is -0.368 e. The second-order valence-electron chi connectivity index (χ2n) is 7.35. The Labute approximate surface area is 169 Å². The van der Waals surface area contributed by atoms with Crippen molar-refractivity contribution >= 4 is 23.3 Å². The van der Waals surface area contributed by atoms with Crippen LogP contribution in [0.15, 0.2) is 54.6 Å². The van der Waals surface area contributed by atoms with Crippen LogP contribution in [0, 0.1) is 13.8 Å². The lowest BCUT2D eigenvalue weighted by atomic mass is 10.1. The lowest BCUT2D eigenvalue weighted by molar-refractivity contribution is -0.119. The minimum absolute atomic E-state index is 0.0305. The Morgan fingerprint density at radius 1 is 1.14 bits per heavy atom. The van der Waals surface area contributed by atoms with Gasteiger partial charge in [0.15, 0.2) is 0 Å². The maximum Gasteiger partial charge on any atom is 0.245 e.